The van der Waals surface area contributed by atoms with Gasteiger partial charge in [0.1, 0.15) is 0 Å². The van der Waals surface area contributed by atoms with Crippen molar-refractivity contribution in [3.63, 3.8) is 0 Å². The van der Waals surface area contributed by atoms with Crippen molar-refractivity contribution in [2.75, 3.05) is 13.2 Å². The largest absolute Gasteiger partial charge is 0.374 e. The summed E-state index contributed by atoms with van der Waals surface area (Å²) in [7, 11) is 0. The van der Waals surface area contributed by atoms with Gasteiger partial charge in [-0.05, 0) is 82.6 Å². The van der Waals surface area contributed by atoms with E-state index in [1.807, 2.05) is 0 Å². The van der Waals surface area contributed by atoms with Gasteiger partial charge < -0.3 is 9.47 Å². The van der Waals surface area contributed by atoms with Gasteiger partial charge in [0.2, 0.25) is 0 Å². The molecule has 2 heterocycles. The van der Waals surface area contributed by atoms with E-state index in [0.717, 1.165) is 38.9 Å². The smallest absolute Gasteiger partial charge is 0.0835 e. The molecule has 2 atom stereocenters. The van der Waals surface area contributed by atoms with Crippen LogP contribution >= 0.6 is 0 Å². The molecule has 0 aromatic heterocycles. The van der Waals surface area contributed by atoms with Crippen molar-refractivity contribution >= 4 is 21.5 Å². The Bertz CT molecular complexity index is 813. The van der Waals surface area contributed by atoms with Gasteiger partial charge in [0.15, 0.2) is 0 Å². The zero-order valence-corrected chi connectivity index (χ0v) is 13.8. The molecule has 2 nitrogen and oxygen atoms in total. The Balaban J connectivity index is 1.73. The summed E-state index contributed by atoms with van der Waals surface area (Å²) in [5.74, 6) is 0. The van der Waals surface area contributed by atoms with Gasteiger partial charge in [-0.15, -0.1) is 0 Å². The number of hydrogen-bond donors (Lipinski definition) is 0. The number of benzene rings is 3. The van der Waals surface area contributed by atoms with Crippen LogP contribution in [0.3, 0.4) is 0 Å². The van der Waals surface area contributed by atoms with Gasteiger partial charge >= 0.3 is 0 Å². The Morgan fingerprint density at radius 3 is 2.21 bits per heavy atom. The molecule has 2 heteroatoms. The lowest BCUT2D eigenvalue weighted by Crippen LogP contribution is -2.06. The van der Waals surface area contributed by atoms with Crippen LogP contribution in [0, 0.1) is 6.07 Å². The highest BCUT2D eigenvalue weighted by atomic mass is 16.5. The van der Waals surface area contributed by atoms with E-state index < -0.39 is 0 Å². The molecule has 24 heavy (non-hydrogen) atoms. The van der Waals surface area contributed by atoms with Crippen LogP contribution in [0.2, 0.25) is 0 Å². The van der Waals surface area contributed by atoms with Crippen molar-refractivity contribution in [3.05, 3.63) is 59.7 Å². The zero-order chi connectivity index (χ0) is 15.9. The van der Waals surface area contributed by atoms with E-state index in [4.69, 9.17) is 9.47 Å². The first-order chi connectivity index (χ1) is 11.9. The van der Waals surface area contributed by atoms with Crippen molar-refractivity contribution in [1.29, 1.82) is 0 Å². The van der Waals surface area contributed by atoms with Gasteiger partial charge in [-0.25, -0.2) is 0 Å². The number of ether oxygens (including phenoxy) is 2. The van der Waals surface area contributed by atoms with E-state index in [2.05, 4.69) is 48.5 Å². The summed E-state index contributed by atoms with van der Waals surface area (Å²) in [4.78, 5) is 0. The Morgan fingerprint density at radius 1 is 0.792 bits per heavy atom. The summed E-state index contributed by atoms with van der Waals surface area (Å²) >= 11 is 0. The molecule has 0 N–H and O–H groups in total. The molecule has 1 radical (unpaired) electrons. The maximum atomic E-state index is 6.00. The van der Waals surface area contributed by atoms with E-state index in [-0.39, 0.29) is 12.2 Å². The van der Waals surface area contributed by atoms with E-state index in [1.54, 1.807) is 0 Å². The summed E-state index contributed by atoms with van der Waals surface area (Å²) in [6, 6.07) is 19.1. The third kappa shape index (κ3) is 2.42. The molecule has 2 unspecified atom stereocenters. The fourth-order valence-corrected chi connectivity index (χ4v) is 4.11. The summed E-state index contributed by atoms with van der Waals surface area (Å²) in [5.41, 5.74) is 2.52. The van der Waals surface area contributed by atoms with Gasteiger partial charge in [-0.2, -0.15) is 0 Å². The van der Waals surface area contributed by atoms with Crippen LogP contribution in [0.1, 0.15) is 49.0 Å². The van der Waals surface area contributed by atoms with E-state index >= 15 is 0 Å². The third-order valence-electron chi connectivity index (χ3n) is 5.34. The minimum Gasteiger partial charge on any atom is -0.374 e. The summed E-state index contributed by atoms with van der Waals surface area (Å²) in [5, 5.41) is 4.98. The minimum atomic E-state index is 0.181. The summed E-state index contributed by atoms with van der Waals surface area (Å²) < 4.78 is 12.0. The van der Waals surface area contributed by atoms with Gasteiger partial charge in [-0.1, -0.05) is 24.3 Å². The Kier molecular flexibility index (Phi) is 3.53. The first kappa shape index (κ1) is 14.4. The molecule has 0 bridgehead atoms. The standard InChI is InChI=1S/C22H21O2/c1-2-6-16-12-18-14-20(22-8-4-10-24-22)19(21-7-3-9-23-21)13-17(18)11-15(16)5-1/h1-2,5-6,11-13,21-22H,3-4,7-10H2. The molecule has 0 spiro atoms. The molecule has 3 aromatic carbocycles. The molecule has 0 aliphatic carbocycles. The highest BCUT2D eigenvalue weighted by molar-refractivity contribution is 5.98. The van der Waals surface area contributed by atoms with Gasteiger partial charge in [0, 0.05) is 13.2 Å². The molecular weight excluding hydrogens is 296 g/mol. The molecule has 2 fully saturated rings. The maximum absolute atomic E-state index is 6.00. The number of rotatable bonds is 2. The molecule has 121 valence electrons. The second-order valence-corrected chi connectivity index (χ2v) is 6.93. The fourth-order valence-electron chi connectivity index (χ4n) is 4.11. The van der Waals surface area contributed by atoms with E-state index in [0.29, 0.717) is 0 Å². The fraction of sp³-hybridized carbons (Fsp3) is 0.364. The van der Waals surface area contributed by atoms with Gasteiger partial charge in [0.25, 0.3) is 0 Å². The van der Waals surface area contributed by atoms with Crippen LogP contribution in [-0.4, -0.2) is 13.2 Å². The van der Waals surface area contributed by atoms with Crippen LogP contribution < -0.4 is 0 Å². The maximum Gasteiger partial charge on any atom is 0.0835 e. The number of hydrogen-bond acceptors (Lipinski definition) is 2. The molecule has 2 aliphatic rings. The lowest BCUT2D eigenvalue weighted by Gasteiger charge is -2.20. The third-order valence-corrected chi connectivity index (χ3v) is 5.34. The Hall–Kier alpha value is -1.90. The zero-order valence-electron chi connectivity index (χ0n) is 13.8. The van der Waals surface area contributed by atoms with Crippen LogP contribution in [0.5, 0.6) is 0 Å². The van der Waals surface area contributed by atoms with Crippen molar-refractivity contribution in [2.24, 2.45) is 0 Å². The first-order valence-electron chi connectivity index (χ1n) is 9.00. The molecule has 5 rings (SSSR count). The first-order valence-corrected chi connectivity index (χ1v) is 9.00. The topological polar surface area (TPSA) is 18.5 Å². The minimum absolute atomic E-state index is 0.181. The molecule has 0 amide bonds. The Labute approximate surface area is 142 Å². The lowest BCUT2D eigenvalue weighted by atomic mass is 9.91. The van der Waals surface area contributed by atoms with E-state index in [1.165, 1.54) is 32.7 Å². The average molecular weight is 317 g/mol. The Morgan fingerprint density at radius 2 is 1.50 bits per heavy atom. The SMILES string of the molecule is [c]1c(C2CCCO2)c(C2CCCO2)cc2cc3ccccc3cc12. The predicted molar refractivity (Wildman–Crippen MR) is 96.1 cm³/mol. The molecule has 2 aliphatic heterocycles. The van der Waals surface area contributed by atoms with Crippen LogP contribution in [0.25, 0.3) is 21.5 Å². The summed E-state index contributed by atoms with van der Waals surface area (Å²) in [6.45, 7) is 1.73. The molecule has 3 aromatic rings. The quantitative estimate of drug-likeness (QED) is 0.581. The van der Waals surface area contributed by atoms with Gasteiger partial charge in [0.05, 0.1) is 12.2 Å². The van der Waals surface area contributed by atoms with Crippen molar-refractivity contribution < 1.29 is 9.47 Å². The number of fused-ring (bicyclic) bond motifs is 2. The van der Waals surface area contributed by atoms with Crippen LogP contribution in [0.15, 0.2) is 42.5 Å². The van der Waals surface area contributed by atoms with Crippen LogP contribution in [0.4, 0.5) is 0 Å². The molecule has 2 saturated heterocycles. The second-order valence-electron chi connectivity index (χ2n) is 6.93. The normalized spacial score (nSPS) is 24.2. The highest BCUT2D eigenvalue weighted by Gasteiger charge is 2.27. The molecular formula is C22H21O2. The van der Waals surface area contributed by atoms with E-state index in [9.17, 15) is 0 Å². The van der Waals surface area contributed by atoms with Gasteiger partial charge in [-0.3, -0.25) is 0 Å². The van der Waals surface area contributed by atoms with Crippen molar-refractivity contribution in [1.82, 2.24) is 0 Å². The average Bonchev–Trinajstić information content (AvgIpc) is 3.32. The monoisotopic (exact) mass is 317 g/mol. The lowest BCUT2D eigenvalue weighted by molar-refractivity contribution is 0.0942. The molecule has 0 saturated carbocycles. The highest BCUT2D eigenvalue weighted by Crippen LogP contribution is 2.40. The summed E-state index contributed by atoms with van der Waals surface area (Å²) in [6.07, 6.45) is 4.86. The second kappa shape index (κ2) is 5.87. The van der Waals surface area contributed by atoms with Crippen LogP contribution in [-0.2, 0) is 9.47 Å². The van der Waals surface area contributed by atoms with Crippen molar-refractivity contribution in [2.45, 2.75) is 37.9 Å². The predicted octanol–water partition coefficient (Wildman–Crippen LogP) is 5.50. The van der Waals surface area contributed by atoms with Crippen molar-refractivity contribution in [3.8, 4) is 0 Å².